The third kappa shape index (κ3) is 7.03. The fraction of sp³-hybridized carbons (Fsp3) is 0.800. The van der Waals surface area contributed by atoms with Gasteiger partial charge in [-0.05, 0) is 31.9 Å². The highest BCUT2D eigenvalue weighted by molar-refractivity contribution is 9.12. The summed E-state index contributed by atoms with van der Waals surface area (Å²) in [4.78, 5) is -8.59. The zero-order valence-electron chi connectivity index (χ0n) is 26.5. The maximum Gasteiger partial charge on any atom is 0.460 e. The van der Waals surface area contributed by atoms with Gasteiger partial charge in [-0.15, -0.1) is 11.3 Å². The van der Waals surface area contributed by atoms with Crippen LogP contribution < -0.4 is 0 Å². The van der Waals surface area contributed by atoms with Crippen LogP contribution in [0.2, 0.25) is 0 Å². The fourth-order valence-corrected chi connectivity index (χ4v) is 12.1. The lowest BCUT2D eigenvalue weighted by Crippen LogP contribution is -2.75. The van der Waals surface area contributed by atoms with Crippen LogP contribution in [0, 0.1) is 0 Å². The Kier molecular flexibility index (Phi) is 13.9. The summed E-state index contributed by atoms with van der Waals surface area (Å²) in [6.07, 6.45) is -16.7. The van der Waals surface area contributed by atoms with E-state index in [1.54, 1.807) is 0 Å². The van der Waals surface area contributed by atoms with Crippen molar-refractivity contribution in [3.05, 3.63) is 7.57 Å². The van der Waals surface area contributed by atoms with Crippen molar-refractivity contribution in [1.29, 1.82) is 0 Å². The molecular formula is C20Br2F34O4S3. The number of alkyl halides is 34. The number of rotatable bonds is 16. The number of sulfone groups is 2. The second-order valence-corrected chi connectivity index (χ2v) is 18.7. The zero-order valence-corrected chi connectivity index (χ0v) is 32.1. The van der Waals surface area contributed by atoms with Crippen molar-refractivity contribution >= 4 is 62.9 Å². The van der Waals surface area contributed by atoms with Crippen LogP contribution >= 0.6 is 43.2 Å². The molecule has 1 heterocycles. The minimum absolute atomic E-state index is 1.29. The van der Waals surface area contributed by atoms with E-state index in [2.05, 4.69) is 0 Å². The first-order valence-electron chi connectivity index (χ1n) is 12.9. The van der Waals surface area contributed by atoms with E-state index in [9.17, 15) is 166 Å². The van der Waals surface area contributed by atoms with Crippen molar-refractivity contribution < 1.29 is 166 Å². The SMILES string of the molecule is O=S(=O)(c1c(Br)sc(Br)c1S(=O)(=O)C(F)(F)C(F)(F)C(F)(F)C(F)(F)C(F)(F)C(F)(F)C(F)(F)C(F)(F)F)C(F)(F)C(F)(F)C(F)(F)C(F)(F)C(F)(F)C(F)(F)C(F)(F)C(F)(F)F. The summed E-state index contributed by atoms with van der Waals surface area (Å²) >= 11 is 1.06. The predicted octanol–water partition coefficient (Wildman–Crippen LogP) is 12.8. The van der Waals surface area contributed by atoms with Crippen molar-refractivity contribution in [3.8, 4) is 0 Å². The normalized spacial score (nSPS) is 16.8. The van der Waals surface area contributed by atoms with Crippen LogP contribution in [0.5, 0.6) is 0 Å². The van der Waals surface area contributed by atoms with Crippen molar-refractivity contribution in [1.82, 2.24) is 0 Å². The third-order valence-electron chi connectivity index (χ3n) is 7.34. The Balaban J connectivity index is 4.34. The van der Waals surface area contributed by atoms with E-state index in [0.29, 0.717) is 0 Å². The quantitative estimate of drug-likeness (QED) is 0.155. The van der Waals surface area contributed by atoms with Crippen LogP contribution in [0.1, 0.15) is 0 Å². The molecule has 374 valence electrons. The first kappa shape index (κ1) is 59.2. The lowest BCUT2D eigenvalue weighted by molar-refractivity contribution is -0.458. The van der Waals surface area contributed by atoms with Gasteiger partial charge in [-0.25, -0.2) is 16.8 Å². The van der Waals surface area contributed by atoms with Crippen molar-refractivity contribution in [2.75, 3.05) is 0 Å². The van der Waals surface area contributed by atoms with E-state index in [4.69, 9.17) is 0 Å². The molecule has 0 saturated carbocycles. The average molecular weight is 1210 g/mol. The molecule has 0 aliphatic rings. The van der Waals surface area contributed by atoms with Gasteiger partial charge in [0.15, 0.2) is 0 Å². The van der Waals surface area contributed by atoms with Crippen LogP contribution in [-0.4, -0.2) is 111 Å². The van der Waals surface area contributed by atoms with Gasteiger partial charge in [-0.1, -0.05) is 0 Å². The standard InChI is InChI=1S/C20Br2F34O4S3/c21-3-1(62(57,58)19(53,54)15(43,44)11(35,36)7(27,28)5(23,24)9(31,32)13(39,40)17(47,48)49)2(4(22)61-3)63(59,60)20(55,56)16(45,46)12(37,38)8(29,30)6(25,26)10(33,34)14(41,42)18(50,51)52. The Morgan fingerprint density at radius 1 is 0.270 bits per heavy atom. The van der Waals surface area contributed by atoms with Crippen molar-refractivity contribution in [2.24, 2.45) is 0 Å². The Labute approximate surface area is 340 Å². The Bertz CT molecular complexity index is 2000. The van der Waals surface area contributed by atoms with Crippen molar-refractivity contribution in [2.45, 2.75) is 104 Å². The first-order chi connectivity index (χ1) is 26.5. The Morgan fingerprint density at radius 3 is 0.571 bits per heavy atom. The monoisotopic (exact) mass is 1200 g/mol. The highest BCUT2D eigenvalue weighted by Gasteiger charge is 2.98. The maximum absolute atomic E-state index is 14.9. The molecule has 0 N–H and O–H groups in total. The molecule has 0 bridgehead atoms. The van der Waals surface area contributed by atoms with E-state index in [1.165, 1.54) is 31.9 Å². The highest BCUT2D eigenvalue weighted by atomic mass is 79.9. The lowest BCUT2D eigenvalue weighted by atomic mass is 9.91. The van der Waals surface area contributed by atoms with Crippen LogP contribution in [0.15, 0.2) is 17.4 Å². The molecule has 0 spiro atoms. The predicted molar refractivity (Wildman–Crippen MR) is 135 cm³/mol. The number of halogens is 36. The lowest BCUT2D eigenvalue weighted by Gasteiger charge is -2.42. The second-order valence-electron chi connectivity index (χ2n) is 11.2. The number of hydrogen-bond donors (Lipinski definition) is 0. The van der Waals surface area contributed by atoms with Crippen LogP contribution in [0.3, 0.4) is 0 Å². The van der Waals surface area contributed by atoms with Crippen LogP contribution in [0.25, 0.3) is 0 Å². The largest absolute Gasteiger partial charge is 0.460 e. The fourth-order valence-electron chi connectivity index (χ4n) is 3.70. The summed E-state index contributed by atoms with van der Waals surface area (Å²) in [5.74, 6) is -113. The maximum atomic E-state index is 14.9. The van der Waals surface area contributed by atoms with Gasteiger partial charge in [0.05, 0.1) is 7.57 Å². The van der Waals surface area contributed by atoms with Crippen molar-refractivity contribution in [3.63, 3.8) is 0 Å². The number of thiophene rings is 1. The molecule has 0 amide bonds. The molecule has 43 heteroatoms. The topological polar surface area (TPSA) is 68.3 Å². The van der Waals surface area contributed by atoms with E-state index in [-0.39, 0.29) is 0 Å². The molecule has 0 atom stereocenters. The molecule has 0 aliphatic carbocycles. The van der Waals surface area contributed by atoms with Gasteiger partial charge in [0.1, 0.15) is 9.79 Å². The smallest absolute Gasteiger partial charge is 0.217 e. The van der Waals surface area contributed by atoms with Crippen LogP contribution in [-0.2, 0) is 19.7 Å². The second kappa shape index (κ2) is 14.8. The Morgan fingerprint density at radius 2 is 0.413 bits per heavy atom. The molecule has 0 unspecified atom stereocenters. The van der Waals surface area contributed by atoms with E-state index >= 15 is 0 Å². The molecule has 63 heavy (non-hydrogen) atoms. The molecule has 0 aliphatic heterocycles. The van der Waals surface area contributed by atoms with Gasteiger partial charge in [-0.3, -0.25) is 0 Å². The van der Waals surface area contributed by atoms with Gasteiger partial charge in [0, 0.05) is 0 Å². The average Bonchev–Trinajstić information content (AvgIpc) is 3.36. The summed E-state index contributed by atoms with van der Waals surface area (Å²) in [5.41, 5.74) is 0. The molecule has 0 saturated heterocycles. The summed E-state index contributed by atoms with van der Waals surface area (Å²) in [7, 11) is -18.7. The summed E-state index contributed by atoms with van der Waals surface area (Å²) in [5, 5.41) is -18.1. The molecule has 0 fully saturated rings. The molecule has 0 aromatic carbocycles. The molecule has 1 aromatic rings. The summed E-state index contributed by atoms with van der Waals surface area (Å²) in [6, 6.07) is 0. The van der Waals surface area contributed by atoms with Gasteiger partial charge >= 0.3 is 93.9 Å². The minimum atomic E-state index is -9.66. The van der Waals surface area contributed by atoms with Crippen LogP contribution in [0.4, 0.5) is 149 Å². The van der Waals surface area contributed by atoms with Gasteiger partial charge < -0.3 is 0 Å². The molecule has 4 nitrogen and oxygen atoms in total. The minimum Gasteiger partial charge on any atom is -0.217 e. The number of hydrogen-bond acceptors (Lipinski definition) is 5. The highest BCUT2D eigenvalue weighted by Crippen LogP contribution is 2.68. The summed E-state index contributed by atoms with van der Waals surface area (Å²) in [6.45, 7) is 0. The molecule has 1 rings (SSSR count). The zero-order chi connectivity index (χ0) is 52.0. The Hall–Kier alpha value is -1.82. The van der Waals surface area contributed by atoms with Gasteiger partial charge in [0.2, 0.25) is 0 Å². The molecular weight excluding hydrogens is 1210 g/mol. The van der Waals surface area contributed by atoms with Gasteiger partial charge in [0.25, 0.3) is 19.7 Å². The van der Waals surface area contributed by atoms with E-state index in [1.807, 2.05) is 0 Å². The molecule has 0 radical (unpaired) electrons. The first-order valence-corrected chi connectivity index (χ1v) is 18.3. The third-order valence-corrected chi connectivity index (χ3v) is 14.5. The van der Waals surface area contributed by atoms with E-state index < -0.39 is 142 Å². The summed E-state index contributed by atoms with van der Waals surface area (Å²) < 4.78 is 510. The van der Waals surface area contributed by atoms with E-state index in [0.717, 1.165) is 0 Å². The molecule has 1 aromatic heterocycles. The van der Waals surface area contributed by atoms with Gasteiger partial charge in [-0.2, -0.15) is 149 Å².